The van der Waals surface area contributed by atoms with Gasteiger partial charge in [-0.3, -0.25) is 4.79 Å². The van der Waals surface area contributed by atoms with Crippen molar-refractivity contribution in [2.75, 3.05) is 0 Å². The molecule has 3 rings (SSSR count). The number of carboxylic acids is 1. The van der Waals surface area contributed by atoms with Crippen LogP contribution in [0.3, 0.4) is 0 Å². The Hall–Kier alpha value is -2.60. The van der Waals surface area contributed by atoms with Gasteiger partial charge >= 0.3 is 12.1 Å². The normalized spacial score (nSPS) is 11.6. The van der Waals surface area contributed by atoms with Gasteiger partial charge in [0.1, 0.15) is 0 Å². The van der Waals surface area contributed by atoms with Crippen molar-refractivity contribution in [2.45, 2.75) is 45.7 Å². The SMILES string of the molecule is Cc1cc(CCc2sc(-c3ccc(C(F)(F)F)cc3)cc2C)ccc1CCC(=O)O. The van der Waals surface area contributed by atoms with Gasteiger partial charge in [-0.05, 0) is 79.1 Å². The lowest BCUT2D eigenvalue weighted by Crippen LogP contribution is -2.03. The van der Waals surface area contributed by atoms with E-state index in [1.165, 1.54) is 22.6 Å². The summed E-state index contributed by atoms with van der Waals surface area (Å²) in [6.45, 7) is 4.03. The smallest absolute Gasteiger partial charge is 0.416 e. The van der Waals surface area contributed by atoms with E-state index >= 15 is 0 Å². The van der Waals surface area contributed by atoms with E-state index in [2.05, 4.69) is 6.07 Å². The van der Waals surface area contributed by atoms with Gasteiger partial charge < -0.3 is 5.11 Å². The van der Waals surface area contributed by atoms with Crippen LogP contribution in [0.15, 0.2) is 48.5 Å². The van der Waals surface area contributed by atoms with Crippen LogP contribution < -0.4 is 0 Å². The minimum Gasteiger partial charge on any atom is -0.481 e. The highest BCUT2D eigenvalue weighted by Gasteiger charge is 2.30. The summed E-state index contributed by atoms with van der Waals surface area (Å²) in [7, 11) is 0. The molecule has 0 unspecified atom stereocenters. The van der Waals surface area contributed by atoms with Gasteiger partial charge in [-0.2, -0.15) is 13.2 Å². The largest absolute Gasteiger partial charge is 0.481 e. The molecule has 0 spiro atoms. The molecular weight excluding hydrogens is 409 g/mol. The molecule has 0 fully saturated rings. The maximum Gasteiger partial charge on any atom is 0.416 e. The van der Waals surface area contributed by atoms with Crippen molar-refractivity contribution in [3.05, 3.63) is 81.2 Å². The zero-order chi connectivity index (χ0) is 21.9. The van der Waals surface area contributed by atoms with Crippen molar-refractivity contribution in [3.63, 3.8) is 0 Å². The van der Waals surface area contributed by atoms with Gasteiger partial charge in [-0.25, -0.2) is 0 Å². The lowest BCUT2D eigenvalue weighted by Gasteiger charge is -2.08. The zero-order valence-corrected chi connectivity index (χ0v) is 17.7. The first-order valence-electron chi connectivity index (χ1n) is 9.70. The Kier molecular flexibility index (Phi) is 6.66. The molecule has 0 saturated carbocycles. The first-order valence-corrected chi connectivity index (χ1v) is 10.5. The van der Waals surface area contributed by atoms with Gasteiger partial charge in [0.2, 0.25) is 0 Å². The second kappa shape index (κ2) is 9.04. The molecule has 0 radical (unpaired) electrons. The van der Waals surface area contributed by atoms with E-state index in [1.54, 1.807) is 11.3 Å². The van der Waals surface area contributed by atoms with Gasteiger partial charge in [0, 0.05) is 16.2 Å². The van der Waals surface area contributed by atoms with E-state index in [0.29, 0.717) is 6.42 Å². The predicted octanol–water partition coefficient (Wildman–Crippen LogP) is 6.85. The summed E-state index contributed by atoms with van der Waals surface area (Å²) in [6, 6.07) is 13.5. The van der Waals surface area contributed by atoms with E-state index in [4.69, 9.17) is 5.11 Å². The minimum atomic E-state index is -4.32. The quantitative estimate of drug-likeness (QED) is 0.443. The van der Waals surface area contributed by atoms with E-state index in [-0.39, 0.29) is 6.42 Å². The third-order valence-electron chi connectivity index (χ3n) is 5.17. The van der Waals surface area contributed by atoms with Crippen LogP contribution in [-0.2, 0) is 30.2 Å². The molecule has 2 aromatic carbocycles. The lowest BCUT2D eigenvalue weighted by molar-refractivity contribution is -0.138. The first kappa shape index (κ1) is 22.1. The second-order valence-corrected chi connectivity index (χ2v) is 8.58. The van der Waals surface area contributed by atoms with Crippen molar-refractivity contribution in [1.82, 2.24) is 0 Å². The summed E-state index contributed by atoms with van der Waals surface area (Å²) in [5, 5.41) is 8.84. The highest BCUT2D eigenvalue weighted by Crippen LogP contribution is 2.35. The van der Waals surface area contributed by atoms with Crippen molar-refractivity contribution < 1.29 is 23.1 Å². The molecule has 0 aliphatic rings. The summed E-state index contributed by atoms with van der Waals surface area (Å²) in [5.41, 5.74) is 4.64. The summed E-state index contributed by atoms with van der Waals surface area (Å²) in [5.74, 6) is -0.796. The van der Waals surface area contributed by atoms with Crippen LogP contribution in [0.5, 0.6) is 0 Å². The number of halogens is 3. The maximum atomic E-state index is 12.8. The maximum absolute atomic E-state index is 12.8. The number of alkyl halides is 3. The topological polar surface area (TPSA) is 37.3 Å². The molecule has 3 aromatic rings. The molecule has 30 heavy (non-hydrogen) atoms. The highest BCUT2D eigenvalue weighted by molar-refractivity contribution is 7.15. The first-order chi connectivity index (χ1) is 14.1. The van der Waals surface area contributed by atoms with E-state index < -0.39 is 17.7 Å². The Labute approximate surface area is 178 Å². The molecule has 0 saturated heterocycles. The highest BCUT2D eigenvalue weighted by atomic mass is 32.1. The standard InChI is InChI=1S/C24H23F3O2S/c1-15-13-17(3-5-18(15)8-12-23(28)29)4-11-21-16(2)14-22(30-21)19-6-9-20(10-7-19)24(25,26)27/h3,5-7,9-10,13-14H,4,8,11-12H2,1-2H3,(H,28,29). The Morgan fingerprint density at radius 2 is 1.63 bits per heavy atom. The number of rotatable bonds is 7. The van der Waals surface area contributed by atoms with Crippen LogP contribution in [0, 0.1) is 13.8 Å². The summed E-state index contributed by atoms with van der Waals surface area (Å²) < 4.78 is 38.3. The number of hydrogen-bond donors (Lipinski definition) is 1. The average molecular weight is 433 g/mol. The molecule has 1 heterocycles. The number of aliphatic carboxylic acids is 1. The third kappa shape index (κ3) is 5.51. The van der Waals surface area contributed by atoms with Crippen LogP contribution >= 0.6 is 11.3 Å². The molecule has 0 aliphatic carbocycles. The fourth-order valence-corrected chi connectivity index (χ4v) is 4.61. The summed E-state index contributed by atoms with van der Waals surface area (Å²) >= 11 is 1.62. The fraction of sp³-hybridized carbons (Fsp3) is 0.292. The molecule has 1 aromatic heterocycles. The van der Waals surface area contributed by atoms with E-state index in [9.17, 15) is 18.0 Å². The predicted molar refractivity (Wildman–Crippen MR) is 114 cm³/mol. The van der Waals surface area contributed by atoms with E-state index in [1.807, 2.05) is 32.0 Å². The Morgan fingerprint density at radius 1 is 0.933 bits per heavy atom. The molecule has 2 nitrogen and oxygen atoms in total. The molecule has 6 heteroatoms. The van der Waals surface area contributed by atoms with Gasteiger partial charge in [0.15, 0.2) is 0 Å². The monoisotopic (exact) mass is 432 g/mol. The molecule has 1 N–H and O–H groups in total. The fourth-order valence-electron chi connectivity index (χ4n) is 3.43. The lowest BCUT2D eigenvalue weighted by atomic mass is 9.98. The van der Waals surface area contributed by atoms with Crippen LogP contribution in [0.2, 0.25) is 0 Å². The van der Waals surface area contributed by atoms with Crippen LogP contribution in [0.4, 0.5) is 13.2 Å². The third-order valence-corrected chi connectivity index (χ3v) is 6.52. The number of carboxylic acid groups (broad SMARTS) is 1. The zero-order valence-electron chi connectivity index (χ0n) is 16.8. The van der Waals surface area contributed by atoms with Crippen molar-refractivity contribution in [1.29, 1.82) is 0 Å². The number of carbonyl (C=O) groups is 1. The molecule has 0 bridgehead atoms. The summed E-state index contributed by atoms with van der Waals surface area (Å²) in [4.78, 5) is 12.9. The van der Waals surface area contributed by atoms with Gasteiger partial charge in [0.25, 0.3) is 0 Å². The average Bonchev–Trinajstić information content (AvgIpc) is 3.05. The van der Waals surface area contributed by atoms with Crippen molar-refractivity contribution >= 4 is 17.3 Å². The molecule has 158 valence electrons. The van der Waals surface area contributed by atoms with Crippen molar-refractivity contribution in [3.8, 4) is 10.4 Å². The number of aryl methyl sites for hydroxylation is 5. The van der Waals surface area contributed by atoms with Crippen molar-refractivity contribution in [2.24, 2.45) is 0 Å². The van der Waals surface area contributed by atoms with Crippen LogP contribution in [0.1, 0.15) is 39.1 Å². The number of thiophene rings is 1. The van der Waals surface area contributed by atoms with Gasteiger partial charge in [0.05, 0.1) is 5.56 Å². The molecule has 0 amide bonds. The van der Waals surface area contributed by atoms with E-state index in [0.717, 1.165) is 52.1 Å². The van der Waals surface area contributed by atoms with Crippen LogP contribution in [0.25, 0.3) is 10.4 Å². The molecular formula is C24H23F3O2S. The van der Waals surface area contributed by atoms with Gasteiger partial charge in [-0.1, -0.05) is 30.3 Å². The molecule has 0 atom stereocenters. The Bertz CT molecular complexity index is 1030. The Balaban J connectivity index is 1.68. The minimum absolute atomic E-state index is 0.126. The summed E-state index contributed by atoms with van der Waals surface area (Å²) in [6.07, 6.45) is -1.96. The number of hydrogen-bond acceptors (Lipinski definition) is 2. The molecule has 0 aliphatic heterocycles. The van der Waals surface area contributed by atoms with Gasteiger partial charge in [-0.15, -0.1) is 11.3 Å². The number of benzene rings is 2. The van der Waals surface area contributed by atoms with Crippen LogP contribution in [-0.4, -0.2) is 11.1 Å². The Morgan fingerprint density at radius 3 is 2.23 bits per heavy atom. The second-order valence-electron chi connectivity index (χ2n) is 7.45.